The summed E-state index contributed by atoms with van der Waals surface area (Å²) < 4.78 is 13.7. The standard InChI is InChI=1S/C13H14ClFO/c1-2-12(16)10-7-8-13(10,14)9-5-3-4-6-11(9)15/h3-6,10H,2,7-8H2,1H3. The third kappa shape index (κ3) is 1.65. The molecular formula is C13H14ClFO. The van der Waals surface area contributed by atoms with Gasteiger partial charge in [-0.2, -0.15) is 0 Å². The lowest BCUT2D eigenvalue weighted by Gasteiger charge is -2.44. The van der Waals surface area contributed by atoms with E-state index in [1.165, 1.54) is 6.07 Å². The lowest BCUT2D eigenvalue weighted by molar-refractivity contribution is -0.126. The monoisotopic (exact) mass is 240 g/mol. The summed E-state index contributed by atoms with van der Waals surface area (Å²) in [5, 5.41) is 0. The summed E-state index contributed by atoms with van der Waals surface area (Å²) in [6.45, 7) is 1.82. The number of benzene rings is 1. The topological polar surface area (TPSA) is 17.1 Å². The molecule has 0 aliphatic heterocycles. The van der Waals surface area contributed by atoms with Gasteiger partial charge < -0.3 is 0 Å². The lowest BCUT2D eigenvalue weighted by atomic mass is 9.66. The van der Waals surface area contributed by atoms with Crippen LogP contribution < -0.4 is 0 Å². The Morgan fingerprint density at radius 1 is 1.56 bits per heavy atom. The van der Waals surface area contributed by atoms with Crippen LogP contribution in [0.4, 0.5) is 4.39 Å². The molecule has 1 aliphatic carbocycles. The molecule has 0 aromatic heterocycles. The zero-order valence-corrected chi connectivity index (χ0v) is 9.93. The molecule has 86 valence electrons. The van der Waals surface area contributed by atoms with Crippen LogP contribution in [0.5, 0.6) is 0 Å². The smallest absolute Gasteiger partial charge is 0.137 e. The molecule has 0 saturated heterocycles. The Kier molecular flexibility index (Phi) is 3.02. The van der Waals surface area contributed by atoms with E-state index in [4.69, 9.17) is 11.6 Å². The van der Waals surface area contributed by atoms with E-state index in [2.05, 4.69) is 0 Å². The van der Waals surface area contributed by atoms with Crippen molar-refractivity contribution >= 4 is 17.4 Å². The number of carbonyl (C=O) groups excluding carboxylic acids is 1. The second kappa shape index (κ2) is 4.17. The van der Waals surface area contributed by atoms with Crippen molar-refractivity contribution in [3.05, 3.63) is 35.6 Å². The number of rotatable bonds is 3. The van der Waals surface area contributed by atoms with Crippen molar-refractivity contribution < 1.29 is 9.18 Å². The summed E-state index contributed by atoms with van der Waals surface area (Å²) in [5.74, 6) is -0.410. The molecule has 0 spiro atoms. The molecule has 1 nitrogen and oxygen atoms in total. The van der Waals surface area contributed by atoms with Crippen molar-refractivity contribution in [3.8, 4) is 0 Å². The first-order valence-corrected chi connectivity index (χ1v) is 5.94. The van der Waals surface area contributed by atoms with Crippen molar-refractivity contribution in [2.24, 2.45) is 5.92 Å². The second-order valence-electron chi connectivity index (χ2n) is 4.25. The van der Waals surface area contributed by atoms with Gasteiger partial charge in [0.1, 0.15) is 11.6 Å². The summed E-state index contributed by atoms with van der Waals surface area (Å²) in [6, 6.07) is 6.46. The largest absolute Gasteiger partial charge is 0.299 e. The predicted octanol–water partition coefficient (Wildman–Crippen LogP) is 3.65. The van der Waals surface area contributed by atoms with Gasteiger partial charge in [0.25, 0.3) is 0 Å². The van der Waals surface area contributed by atoms with E-state index in [1.807, 2.05) is 6.92 Å². The average molecular weight is 241 g/mol. The molecule has 1 fully saturated rings. The van der Waals surface area contributed by atoms with Crippen LogP contribution in [0, 0.1) is 11.7 Å². The SMILES string of the molecule is CCC(=O)C1CCC1(Cl)c1ccccc1F. The first-order valence-electron chi connectivity index (χ1n) is 5.56. The summed E-state index contributed by atoms with van der Waals surface area (Å²) in [7, 11) is 0. The number of hydrogen-bond donors (Lipinski definition) is 0. The minimum absolute atomic E-state index is 0.129. The molecule has 0 heterocycles. The van der Waals surface area contributed by atoms with Gasteiger partial charge in [-0.1, -0.05) is 25.1 Å². The molecule has 2 rings (SSSR count). The Labute approximate surface area is 99.6 Å². The van der Waals surface area contributed by atoms with Crippen LogP contribution >= 0.6 is 11.6 Å². The highest BCUT2D eigenvalue weighted by molar-refractivity contribution is 6.26. The zero-order valence-electron chi connectivity index (χ0n) is 9.17. The number of hydrogen-bond acceptors (Lipinski definition) is 1. The lowest BCUT2D eigenvalue weighted by Crippen LogP contribution is -2.44. The Bertz CT molecular complexity index is 418. The molecule has 2 unspecified atom stereocenters. The van der Waals surface area contributed by atoms with Crippen molar-refractivity contribution in [2.75, 3.05) is 0 Å². The maximum Gasteiger partial charge on any atom is 0.137 e. The first kappa shape index (κ1) is 11.6. The third-order valence-electron chi connectivity index (χ3n) is 3.41. The fourth-order valence-electron chi connectivity index (χ4n) is 2.33. The number of carbonyl (C=O) groups is 1. The molecule has 0 N–H and O–H groups in total. The van der Waals surface area contributed by atoms with Gasteiger partial charge in [0, 0.05) is 17.9 Å². The van der Waals surface area contributed by atoms with E-state index in [0.29, 0.717) is 18.4 Å². The molecule has 2 atom stereocenters. The first-order chi connectivity index (χ1) is 7.59. The Hall–Kier alpha value is -0.890. The van der Waals surface area contributed by atoms with Gasteiger partial charge in [-0.05, 0) is 18.9 Å². The maximum absolute atomic E-state index is 13.7. The van der Waals surface area contributed by atoms with E-state index < -0.39 is 4.87 Å². The van der Waals surface area contributed by atoms with E-state index in [9.17, 15) is 9.18 Å². The second-order valence-corrected chi connectivity index (χ2v) is 4.93. The minimum atomic E-state index is -0.807. The Morgan fingerprint density at radius 3 is 2.75 bits per heavy atom. The van der Waals surface area contributed by atoms with Gasteiger partial charge in [0.2, 0.25) is 0 Å². The fourth-order valence-corrected chi connectivity index (χ4v) is 2.82. The number of ketones is 1. The van der Waals surface area contributed by atoms with Crippen LogP contribution in [-0.2, 0) is 9.67 Å². The zero-order chi connectivity index (χ0) is 11.8. The molecule has 1 aliphatic rings. The van der Waals surface area contributed by atoms with Gasteiger partial charge in [0.15, 0.2) is 0 Å². The number of halogens is 2. The average Bonchev–Trinajstić information content (AvgIpc) is 2.27. The molecule has 0 bridgehead atoms. The van der Waals surface area contributed by atoms with E-state index >= 15 is 0 Å². The maximum atomic E-state index is 13.7. The molecule has 1 aromatic carbocycles. The Morgan fingerprint density at radius 2 is 2.25 bits per heavy atom. The van der Waals surface area contributed by atoms with Crippen LogP contribution in [0.25, 0.3) is 0 Å². The quantitative estimate of drug-likeness (QED) is 0.737. The van der Waals surface area contributed by atoms with Crippen LogP contribution in [-0.4, -0.2) is 5.78 Å². The molecule has 1 aromatic rings. The van der Waals surface area contributed by atoms with Gasteiger partial charge in [-0.15, -0.1) is 11.6 Å². The number of alkyl halides is 1. The van der Waals surface area contributed by atoms with Gasteiger partial charge in [0.05, 0.1) is 4.87 Å². The van der Waals surface area contributed by atoms with Crippen molar-refractivity contribution in [1.29, 1.82) is 0 Å². The normalized spacial score (nSPS) is 28.6. The molecule has 3 heteroatoms. The molecule has 1 saturated carbocycles. The van der Waals surface area contributed by atoms with Crippen LogP contribution in [0.2, 0.25) is 0 Å². The predicted molar refractivity (Wildman–Crippen MR) is 62.0 cm³/mol. The Balaban J connectivity index is 2.33. The van der Waals surface area contributed by atoms with E-state index in [-0.39, 0.29) is 17.5 Å². The minimum Gasteiger partial charge on any atom is -0.299 e. The van der Waals surface area contributed by atoms with Crippen LogP contribution in [0.3, 0.4) is 0 Å². The summed E-state index contributed by atoms with van der Waals surface area (Å²) in [4.78, 5) is 10.9. The highest BCUT2D eigenvalue weighted by Crippen LogP contribution is 2.53. The summed E-state index contributed by atoms with van der Waals surface area (Å²) in [5.41, 5.74) is 0.467. The van der Waals surface area contributed by atoms with Crippen LogP contribution in [0.1, 0.15) is 31.7 Å². The number of Topliss-reactive ketones (excluding diaryl/α,β-unsaturated/α-hetero) is 1. The molecule has 0 amide bonds. The highest BCUT2D eigenvalue weighted by Gasteiger charge is 2.50. The third-order valence-corrected chi connectivity index (χ3v) is 4.06. The summed E-state index contributed by atoms with van der Waals surface area (Å²) in [6.07, 6.45) is 1.91. The molecule has 0 radical (unpaired) electrons. The van der Waals surface area contributed by atoms with Crippen molar-refractivity contribution in [1.82, 2.24) is 0 Å². The molecule has 16 heavy (non-hydrogen) atoms. The van der Waals surface area contributed by atoms with Gasteiger partial charge in [-0.25, -0.2) is 4.39 Å². The van der Waals surface area contributed by atoms with Crippen molar-refractivity contribution in [2.45, 2.75) is 31.1 Å². The summed E-state index contributed by atoms with van der Waals surface area (Å²) >= 11 is 6.42. The molecular weight excluding hydrogens is 227 g/mol. The van der Waals surface area contributed by atoms with Gasteiger partial charge in [-0.3, -0.25) is 4.79 Å². The fraction of sp³-hybridized carbons (Fsp3) is 0.462. The van der Waals surface area contributed by atoms with Crippen molar-refractivity contribution in [3.63, 3.8) is 0 Å². The van der Waals surface area contributed by atoms with E-state index in [1.54, 1.807) is 18.2 Å². The van der Waals surface area contributed by atoms with Gasteiger partial charge >= 0.3 is 0 Å². The van der Waals surface area contributed by atoms with Crippen LogP contribution in [0.15, 0.2) is 24.3 Å². The highest BCUT2D eigenvalue weighted by atomic mass is 35.5. The van der Waals surface area contributed by atoms with E-state index in [0.717, 1.165) is 6.42 Å².